The summed E-state index contributed by atoms with van der Waals surface area (Å²) in [6.07, 6.45) is -0.218. The summed E-state index contributed by atoms with van der Waals surface area (Å²) < 4.78 is 23.0. The van der Waals surface area contributed by atoms with Gasteiger partial charge in [0.15, 0.2) is 17.1 Å². The molecule has 0 amide bonds. The highest BCUT2D eigenvalue weighted by atomic mass is 16.6. The van der Waals surface area contributed by atoms with Crippen LogP contribution in [0.15, 0.2) is 48.5 Å². The number of carbonyl (C=O) groups excluding carboxylic acids is 3. The Morgan fingerprint density at radius 1 is 0.886 bits per heavy atom. The largest absolute Gasteiger partial charge is 0.508 e. The fourth-order valence-electron chi connectivity index (χ4n) is 4.69. The molecular weight excluding hydrogens is 458 g/mol. The summed E-state index contributed by atoms with van der Waals surface area (Å²) in [5, 5.41) is 20.8. The molecule has 3 aromatic rings. The summed E-state index contributed by atoms with van der Waals surface area (Å²) >= 11 is 0. The van der Waals surface area contributed by atoms with Gasteiger partial charge in [0.05, 0.1) is 11.1 Å². The molecule has 0 saturated carbocycles. The van der Waals surface area contributed by atoms with Crippen molar-refractivity contribution in [2.24, 2.45) is 5.73 Å². The third kappa shape index (κ3) is 2.90. The maximum absolute atomic E-state index is 13.0. The molecule has 10 nitrogen and oxygen atoms in total. The number of nitrogens with two attached hydrogens (primary N) is 1. The van der Waals surface area contributed by atoms with Crippen LogP contribution in [0.5, 0.6) is 34.5 Å². The standard InChI is InChI=1S/C25H17NO9/c26-15-7-8-19(29)33-21-16(28)10-18-20(22(21)34-24(15)31)25(14-6-5-11(27)9-17(14)32-18)13-4-2-1-3-12(13)23(30)35-25/h1-6,9-10,15,27-28H,7-8,26H2/t15-,25?/m1/s1. The van der Waals surface area contributed by atoms with Crippen molar-refractivity contribution >= 4 is 17.9 Å². The van der Waals surface area contributed by atoms with Crippen LogP contribution in [0.1, 0.15) is 39.9 Å². The van der Waals surface area contributed by atoms with E-state index >= 15 is 0 Å². The fourth-order valence-corrected chi connectivity index (χ4v) is 4.69. The van der Waals surface area contributed by atoms with Gasteiger partial charge in [-0.05, 0) is 24.6 Å². The van der Waals surface area contributed by atoms with Crippen molar-refractivity contribution in [3.8, 4) is 34.5 Å². The highest BCUT2D eigenvalue weighted by Gasteiger charge is 2.56. The SMILES string of the molecule is N[C@@H]1CCC(=O)Oc2c(O)cc3c(c2OC1=O)C1(OC(=O)c2ccccc21)c1ccc(O)cc1O3. The first-order chi connectivity index (χ1) is 16.8. The molecule has 0 aliphatic carbocycles. The summed E-state index contributed by atoms with van der Waals surface area (Å²) in [4.78, 5) is 38.3. The Morgan fingerprint density at radius 2 is 1.69 bits per heavy atom. The Morgan fingerprint density at radius 3 is 2.51 bits per heavy atom. The lowest BCUT2D eigenvalue weighted by molar-refractivity contribution is -0.136. The van der Waals surface area contributed by atoms with Gasteiger partial charge in [-0.25, -0.2) is 9.59 Å². The van der Waals surface area contributed by atoms with E-state index in [0.29, 0.717) is 11.1 Å². The minimum atomic E-state index is -1.72. The number of benzene rings is 3. The van der Waals surface area contributed by atoms with Gasteiger partial charge in [0.2, 0.25) is 5.75 Å². The van der Waals surface area contributed by atoms with Gasteiger partial charge in [-0.2, -0.15) is 0 Å². The van der Waals surface area contributed by atoms with Crippen molar-refractivity contribution in [2.75, 3.05) is 0 Å². The molecule has 6 rings (SSSR count). The molecule has 3 heterocycles. The molecule has 35 heavy (non-hydrogen) atoms. The zero-order chi connectivity index (χ0) is 24.5. The second kappa shape index (κ2) is 7.21. The Labute approximate surface area is 197 Å². The van der Waals surface area contributed by atoms with E-state index < -0.39 is 41.0 Å². The van der Waals surface area contributed by atoms with Crippen LogP contribution in [0.25, 0.3) is 0 Å². The monoisotopic (exact) mass is 475 g/mol. The zero-order valence-corrected chi connectivity index (χ0v) is 17.9. The van der Waals surface area contributed by atoms with Gasteiger partial charge in [0.25, 0.3) is 0 Å². The molecule has 2 atom stereocenters. The fraction of sp³-hybridized carbons (Fsp3) is 0.160. The van der Waals surface area contributed by atoms with Crippen LogP contribution >= 0.6 is 0 Å². The van der Waals surface area contributed by atoms with E-state index in [1.54, 1.807) is 24.3 Å². The van der Waals surface area contributed by atoms with Crippen LogP contribution in [-0.4, -0.2) is 34.2 Å². The van der Waals surface area contributed by atoms with Crippen molar-refractivity contribution in [1.29, 1.82) is 0 Å². The number of carbonyl (C=O) groups is 3. The van der Waals surface area contributed by atoms with Crippen LogP contribution in [0.3, 0.4) is 0 Å². The van der Waals surface area contributed by atoms with Gasteiger partial charge >= 0.3 is 17.9 Å². The van der Waals surface area contributed by atoms with Gasteiger partial charge in [-0.15, -0.1) is 0 Å². The molecule has 0 radical (unpaired) electrons. The van der Waals surface area contributed by atoms with Gasteiger partial charge in [0, 0.05) is 29.7 Å². The molecule has 3 aliphatic heterocycles. The molecule has 4 N–H and O–H groups in total. The Kier molecular flexibility index (Phi) is 4.33. The van der Waals surface area contributed by atoms with Crippen molar-refractivity contribution in [3.05, 3.63) is 70.8 Å². The maximum Gasteiger partial charge on any atom is 0.340 e. The number of aromatic hydroxyl groups is 2. The van der Waals surface area contributed by atoms with Crippen LogP contribution in [-0.2, 0) is 19.9 Å². The lowest BCUT2D eigenvalue weighted by atomic mass is 9.77. The molecule has 10 heteroatoms. The van der Waals surface area contributed by atoms with Gasteiger partial charge in [-0.3, -0.25) is 4.79 Å². The number of rotatable bonds is 0. The van der Waals surface area contributed by atoms with Gasteiger partial charge in [-0.1, -0.05) is 18.2 Å². The summed E-state index contributed by atoms with van der Waals surface area (Å²) in [6.45, 7) is 0. The Hall–Kier alpha value is -4.57. The first kappa shape index (κ1) is 21.0. The smallest absolute Gasteiger partial charge is 0.340 e. The summed E-state index contributed by atoms with van der Waals surface area (Å²) in [5.74, 6) is -3.62. The van der Waals surface area contributed by atoms with Crippen molar-refractivity contribution < 1.29 is 43.5 Å². The number of fused-ring (bicyclic) bond motifs is 8. The highest BCUT2D eigenvalue weighted by molar-refractivity contribution is 5.98. The van der Waals surface area contributed by atoms with E-state index in [1.165, 1.54) is 18.2 Å². The second-order valence-corrected chi connectivity index (χ2v) is 8.37. The molecule has 0 bridgehead atoms. The maximum atomic E-state index is 13.0. The highest BCUT2D eigenvalue weighted by Crippen LogP contribution is 2.62. The lowest BCUT2D eigenvalue weighted by Crippen LogP contribution is -2.37. The van der Waals surface area contributed by atoms with Crippen molar-refractivity contribution in [3.63, 3.8) is 0 Å². The number of hydrogen-bond acceptors (Lipinski definition) is 10. The minimum Gasteiger partial charge on any atom is -0.508 e. The average molecular weight is 475 g/mol. The minimum absolute atomic E-state index is 0.0250. The number of ether oxygens (including phenoxy) is 4. The molecule has 1 spiro atoms. The number of phenols is 2. The second-order valence-electron chi connectivity index (χ2n) is 8.37. The van der Waals surface area contributed by atoms with Gasteiger partial charge < -0.3 is 34.9 Å². The van der Waals surface area contributed by atoms with E-state index in [4.69, 9.17) is 24.7 Å². The average Bonchev–Trinajstić information content (AvgIpc) is 3.13. The third-order valence-corrected chi connectivity index (χ3v) is 6.25. The molecule has 176 valence electrons. The van der Waals surface area contributed by atoms with E-state index in [2.05, 4.69) is 0 Å². The predicted octanol–water partition coefficient (Wildman–Crippen LogP) is 2.60. The zero-order valence-electron chi connectivity index (χ0n) is 17.9. The predicted molar refractivity (Wildman–Crippen MR) is 117 cm³/mol. The first-order valence-electron chi connectivity index (χ1n) is 10.7. The third-order valence-electron chi connectivity index (χ3n) is 6.25. The summed E-state index contributed by atoms with van der Waals surface area (Å²) in [6, 6.07) is 10.9. The van der Waals surface area contributed by atoms with Crippen LogP contribution in [0.4, 0.5) is 0 Å². The summed E-state index contributed by atoms with van der Waals surface area (Å²) in [7, 11) is 0. The molecule has 3 aliphatic rings. The molecule has 3 aromatic carbocycles. The van der Waals surface area contributed by atoms with Crippen LogP contribution in [0.2, 0.25) is 0 Å². The molecule has 0 aromatic heterocycles. The van der Waals surface area contributed by atoms with E-state index in [0.717, 1.165) is 6.07 Å². The van der Waals surface area contributed by atoms with E-state index in [1.807, 2.05) is 0 Å². The molecular formula is C25H17NO9. The Balaban J connectivity index is 1.73. The van der Waals surface area contributed by atoms with Crippen LogP contribution < -0.4 is 19.9 Å². The number of hydrogen-bond donors (Lipinski definition) is 3. The normalized spacial score (nSPS) is 22.2. The van der Waals surface area contributed by atoms with Crippen molar-refractivity contribution in [2.45, 2.75) is 24.5 Å². The first-order valence-corrected chi connectivity index (χ1v) is 10.7. The number of esters is 3. The quantitative estimate of drug-likeness (QED) is 0.326. The molecule has 0 fully saturated rings. The topological polar surface area (TPSA) is 155 Å². The molecule has 1 unspecified atom stereocenters. The lowest BCUT2D eigenvalue weighted by Gasteiger charge is -2.37. The van der Waals surface area contributed by atoms with Gasteiger partial charge in [0.1, 0.15) is 23.3 Å². The Bertz CT molecular complexity index is 1460. The summed E-state index contributed by atoms with van der Waals surface area (Å²) in [5.41, 5.74) is 5.19. The molecule has 0 saturated heterocycles. The van der Waals surface area contributed by atoms with Crippen LogP contribution in [0, 0.1) is 0 Å². The van der Waals surface area contributed by atoms with Crippen molar-refractivity contribution in [1.82, 2.24) is 0 Å². The van der Waals surface area contributed by atoms with E-state index in [9.17, 15) is 24.6 Å². The number of phenolic OH excluding ortho intramolecular Hbond substituents is 2. The van der Waals surface area contributed by atoms with E-state index in [-0.39, 0.29) is 47.0 Å².